The lowest BCUT2D eigenvalue weighted by Crippen LogP contribution is -2.63. The minimum absolute atomic E-state index is 0.0386. The minimum Gasteiger partial charge on any atom is -0.508 e. The van der Waals surface area contributed by atoms with Crippen molar-refractivity contribution in [2.24, 2.45) is 16.8 Å². The van der Waals surface area contributed by atoms with E-state index in [0.29, 0.717) is 35.2 Å². The van der Waals surface area contributed by atoms with Crippen molar-refractivity contribution in [2.75, 3.05) is 27.2 Å². The molecule has 0 radical (unpaired) electrons. The van der Waals surface area contributed by atoms with Crippen molar-refractivity contribution >= 4 is 28.1 Å². The van der Waals surface area contributed by atoms with Gasteiger partial charge in [-0.1, -0.05) is 12.1 Å². The summed E-state index contributed by atoms with van der Waals surface area (Å²) in [7, 11) is 3.78. The molecule has 10 heteroatoms. The number of rotatable bonds is 5. The molecule has 0 bridgehead atoms. The molecule has 0 spiro atoms. The molecule has 2 aromatic rings. The molecule has 2 aliphatic carbocycles. The summed E-state index contributed by atoms with van der Waals surface area (Å²) in [6, 6.07) is 2.13. The van der Waals surface area contributed by atoms with Gasteiger partial charge in [-0.3, -0.25) is 9.59 Å². The number of carbonyl (C=O) groups is 2. The van der Waals surface area contributed by atoms with Crippen LogP contribution in [0.15, 0.2) is 28.6 Å². The molecule has 2 aliphatic rings. The zero-order valence-corrected chi connectivity index (χ0v) is 21.0. The molecule has 0 amide bonds. The van der Waals surface area contributed by atoms with E-state index in [2.05, 4.69) is 10.5 Å². The van der Waals surface area contributed by atoms with Gasteiger partial charge in [-0.2, -0.15) is 5.10 Å². The Morgan fingerprint density at radius 1 is 1.19 bits per heavy atom. The van der Waals surface area contributed by atoms with E-state index in [9.17, 15) is 30.0 Å². The van der Waals surface area contributed by atoms with E-state index in [0.717, 1.165) is 0 Å². The van der Waals surface area contributed by atoms with Gasteiger partial charge in [0, 0.05) is 19.0 Å². The van der Waals surface area contributed by atoms with Gasteiger partial charge in [-0.15, -0.1) is 0 Å². The number of hydrogen-bond donors (Lipinski definition) is 6. The molecule has 7 N–H and O–H groups in total. The number of aryl methyl sites for hydroxylation is 2. The topological polar surface area (TPSA) is 169 Å². The van der Waals surface area contributed by atoms with Gasteiger partial charge >= 0.3 is 0 Å². The van der Waals surface area contributed by atoms with Crippen LogP contribution in [0.1, 0.15) is 34.0 Å². The molecule has 3 atom stereocenters. The van der Waals surface area contributed by atoms with E-state index < -0.39 is 40.6 Å². The monoisotopic (exact) mass is 496 g/mol. The second kappa shape index (κ2) is 8.88. The number of nitrogens with one attached hydrogen (secondary N) is 1. The summed E-state index contributed by atoms with van der Waals surface area (Å²) in [5.41, 5.74) is 7.60. The molecule has 0 heterocycles. The average molecular weight is 497 g/mol. The third-order valence-corrected chi connectivity index (χ3v) is 7.41. The first-order chi connectivity index (χ1) is 16.8. The van der Waals surface area contributed by atoms with Crippen LogP contribution >= 0.6 is 0 Å². The molecule has 192 valence electrons. The van der Waals surface area contributed by atoms with Crippen molar-refractivity contribution < 1.29 is 30.0 Å². The van der Waals surface area contributed by atoms with Gasteiger partial charge in [0.25, 0.3) is 0 Å². The number of aliphatic hydroxyl groups is 2. The molecule has 0 aromatic heterocycles. The molecule has 4 rings (SSSR count). The van der Waals surface area contributed by atoms with Crippen molar-refractivity contribution in [3.8, 4) is 11.5 Å². The SMILES string of the molecule is C/C(=N\NCCN(C)C)C1=C(O)[C@@]2(O)C(=O)c3c(c(C)c4ccc(C)c(O)c4c3O)C[C@H]2[C@@H](N)C1=O. The summed E-state index contributed by atoms with van der Waals surface area (Å²) in [5, 5.41) is 49.4. The van der Waals surface area contributed by atoms with Crippen LogP contribution in [0.25, 0.3) is 10.8 Å². The summed E-state index contributed by atoms with van der Waals surface area (Å²) >= 11 is 0. The first-order valence-electron chi connectivity index (χ1n) is 11.7. The number of phenolic OH excluding ortho intramolecular Hbond substituents is 2. The average Bonchev–Trinajstić information content (AvgIpc) is 2.82. The largest absolute Gasteiger partial charge is 0.508 e. The van der Waals surface area contributed by atoms with E-state index in [1.807, 2.05) is 19.0 Å². The normalized spacial score (nSPS) is 24.4. The van der Waals surface area contributed by atoms with E-state index >= 15 is 0 Å². The molecule has 0 saturated carbocycles. The molecule has 0 unspecified atom stereocenters. The molecule has 0 saturated heterocycles. The van der Waals surface area contributed by atoms with E-state index in [4.69, 9.17) is 5.73 Å². The summed E-state index contributed by atoms with van der Waals surface area (Å²) in [6.45, 7) is 5.99. The number of fused-ring (bicyclic) bond motifs is 3. The second-order valence-electron chi connectivity index (χ2n) is 9.91. The number of carbonyl (C=O) groups excluding carboxylic acids is 2. The van der Waals surface area contributed by atoms with Crippen LogP contribution in [0, 0.1) is 19.8 Å². The van der Waals surface area contributed by atoms with Gasteiger partial charge in [-0.05, 0) is 63.4 Å². The number of nitrogens with zero attached hydrogens (tertiary/aromatic N) is 2. The predicted octanol–water partition coefficient (Wildman–Crippen LogP) is 1.20. The molecule has 0 fully saturated rings. The van der Waals surface area contributed by atoms with Crippen molar-refractivity contribution in [1.29, 1.82) is 0 Å². The summed E-state index contributed by atoms with van der Waals surface area (Å²) < 4.78 is 0. The number of ketones is 2. The molecule has 10 nitrogen and oxygen atoms in total. The Balaban J connectivity index is 1.90. The van der Waals surface area contributed by atoms with E-state index in [1.54, 1.807) is 26.0 Å². The molecular weight excluding hydrogens is 464 g/mol. The highest BCUT2D eigenvalue weighted by atomic mass is 16.3. The van der Waals surface area contributed by atoms with E-state index in [1.165, 1.54) is 6.92 Å². The second-order valence-corrected chi connectivity index (χ2v) is 9.91. The zero-order valence-electron chi connectivity index (χ0n) is 21.0. The number of nitrogens with two attached hydrogens (primary N) is 1. The van der Waals surface area contributed by atoms with Crippen molar-refractivity contribution in [3.05, 3.63) is 45.7 Å². The Kier molecular flexibility index (Phi) is 6.32. The maximum absolute atomic E-state index is 13.8. The Bertz CT molecular complexity index is 1360. The number of benzene rings is 2. The summed E-state index contributed by atoms with van der Waals surface area (Å²) in [4.78, 5) is 29.0. The molecule has 36 heavy (non-hydrogen) atoms. The summed E-state index contributed by atoms with van der Waals surface area (Å²) in [5.74, 6) is -4.28. The first-order valence-corrected chi connectivity index (χ1v) is 11.7. The van der Waals surface area contributed by atoms with Gasteiger partial charge in [0.1, 0.15) is 17.3 Å². The fourth-order valence-corrected chi connectivity index (χ4v) is 5.27. The quantitative estimate of drug-likeness (QED) is 0.202. The standard InChI is InChI=1S/C26H32N4O6/c1-11-6-7-14-12(2)15-10-16-20(27)23(33)17(13(3)29-28-8-9-30(4)5)24(34)26(16,36)25(35)19(15)22(32)18(14)21(11)31/h6-7,16,20,28,31-32,34,36H,8-10,27H2,1-5H3/b29-13+/t16-,20+,26+/m0/s1. The lowest BCUT2D eigenvalue weighted by Gasteiger charge is -2.45. The fraction of sp³-hybridized carbons (Fsp3) is 0.423. The third kappa shape index (κ3) is 3.56. The van der Waals surface area contributed by atoms with Crippen molar-refractivity contribution in [1.82, 2.24) is 10.3 Å². The third-order valence-electron chi connectivity index (χ3n) is 7.41. The van der Waals surface area contributed by atoms with Gasteiger partial charge in [0.2, 0.25) is 5.78 Å². The number of Topliss-reactive ketones (excluding diaryl/α,β-unsaturated/α-hetero) is 2. The maximum Gasteiger partial charge on any atom is 0.206 e. The van der Waals surface area contributed by atoms with Crippen LogP contribution in [0.5, 0.6) is 11.5 Å². The highest BCUT2D eigenvalue weighted by molar-refractivity contribution is 6.26. The Labute approximate surface area is 208 Å². The molecule has 2 aromatic carbocycles. The maximum atomic E-state index is 13.8. The van der Waals surface area contributed by atoms with Crippen LogP contribution in [-0.2, 0) is 11.2 Å². The Morgan fingerprint density at radius 3 is 2.50 bits per heavy atom. The highest BCUT2D eigenvalue weighted by Gasteiger charge is 2.60. The highest BCUT2D eigenvalue weighted by Crippen LogP contribution is 2.50. The molecular formula is C26H32N4O6. The lowest BCUT2D eigenvalue weighted by atomic mass is 9.61. The predicted molar refractivity (Wildman–Crippen MR) is 136 cm³/mol. The Hall–Kier alpha value is -3.47. The Morgan fingerprint density at radius 2 is 1.86 bits per heavy atom. The zero-order chi connectivity index (χ0) is 26.7. The first kappa shape index (κ1) is 25.6. The lowest BCUT2D eigenvalue weighted by molar-refractivity contribution is -0.122. The number of aromatic hydroxyl groups is 2. The number of hydrazone groups is 1. The smallest absolute Gasteiger partial charge is 0.206 e. The molecule has 0 aliphatic heterocycles. The number of phenols is 2. The van der Waals surface area contributed by atoms with Crippen LogP contribution in [0.2, 0.25) is 0 Å². The number of hydrogen-bond acceptors (Lipinski definition) is 10. The van der Waals surface area contributed by atoms with Gasteiger partial charge < -0.3 is 36.5 Å². The van der Waals surface area contributed by atoms with E-state index in [-0.39, 0.29) is 34.4 Å². The fourth-order valence-electron chi connectivity index (χ4n) is 5.27. The van der Waals surface area contributed by atoms with Crippen LogP contribution in [-0.4, -0.2) is 81.4 Å². The van der Waals surface area contributed by atoms with Gasteiger partial charge in [0.15, 0.2) is 11.4 Å². The number of aliphatic hydroxyl groups excluding tert-OH is 1. The number of likely N-dealkylation sites (N-methyl/N-ethyl adjacent to an activating group) is 1. The van der Waals surface area contributed by atoms with Crippen molar-refractivity contribution in [2.45, 2.75) is 38.8 Å². The van der Waals surface area contributed by atoms with Crippen LogP contribution in [0.3, 0.4) is 0 Å². The van der Waals surface area contributed by atoms with Crippen LogP contribution < -0.4 is 11.2 Å². The van der Waals surface area contributed by atoms with Crippen molar-refractivity contribution in [3.63, 3.8) is 0 Å². The summed E-state index contributed by atoms with van der Waals surface area (Å²) in [6.07, 6.45) is -0.0386. The van der Waals surface area contributed by atoms with Crippen LogP contribution in [0.4, 0.5) is 0 Å². The minimum atomic E-state index is -2.55. The van der Waals surface area contributed by atoms with Gasteiger partial charge in [-0.25, -0.2) is 0 Å². The van der Waals surface area contributed by atoms with Gasteiger partial charge in [0.05, 0.1) is 28.3 Å².